The van der Waals surface area contributed by atoms with E-state index in [1.165, 1.54) is 5.57 Å². The van der Waals surface area contributed by atoms with E-state index >= 15 is 0 Å². The lowest BCUT2D eigenvalue weighted by atomic mass is 9.99. The zero-order valence-electron chi connectivity index (χ0n) is 21.3. The number of furan rings is 1. The van der Waals surface area contributed by atoms with Gasteiger partial charge in [-0.25, -0.2) is 0 Å². The molecular weight excluding hydrogens is 486 g/mol. The van der Waals surface area contributed by atoms with Crippen LogP contribution in [0.4, 0.5) is 0 Å². The molecule has 5 heterocycles. The highest BCUT2D eigenvalue weighted by atomic mass is 16.5. The maximum absolute atomic E-state index is 6.00. The van der Waals surface area contributed by atoms with E-state index in [0.717, 1.165) is 67.9 Å². The van der Waals surface area contributed by atoms with Crippen LogP contribution in [0.1, 0.15) is 29.3 Å². The molecule has 7 nitrogen and oxygen atoms in total. The number of hydrogen-bond acceptors (Lipinski definition) is 5. The summed E-state index contributed by atoms with van der Waals surface area (Å²) in [6, 6.07) is 18.3. The maximum Gasteiger partial charge on any atom is 0.138 e. The number of H-pyrrole nitrogens is 2. The molecule has 0 saturated heterocycles. The molecule has 0 saturated carbocycles. The van der Waals surface area contributed by atoms with Crippen molar-refractivity contribution < 1.29 is 9.15 Å². The smallest absolute Gasteiger partial charge is 0.138 e. The summed E-state index contributed by atoms with van der Waals surface area (Å²) in [4.78, 5) is 12.7. The Morgan fingerprint density at radius 1 is 0.974 bits per heavy atom. The van der Waals surface area contributed by atoms with Gasteiger partial charge in [0.05, 0.1) is 41.8 Å². The highest BCUT2D eigenvalue weighted by Crippen LogP contribution is 2.36. The molecule has 7 rings (SSSR count). The lowest BCUT2D eigenvalue weighted by Gasteiger charge is -2.08. The molecule has 0 spiro atoms. The van der Waals surface area contributed by atoms with Crippen molar-refractivity contribution in [2.45, 2.75) is 20.0 Å². The normalized spacial score (nSPS) is 13.1. The Morgan fingerprint density at radius 2 is 1.90 bits per heavy atom. The van der Waals surface area contributed by atoms with Gasteiger partial charge >= 0.3 is 0 Å². The Labute approximate surface area is 224 Å². The topological polar surface area (TPSA) is 92.6 Å². The number of hydrogen-bond donors (Lipinski definition) is 2. The molecule has 5 aromatic heterocycles. The number of pyridine rings is 2. The van der Waals surface area contributed by atoms with Crippen LogP contribution in [0.15, 0.2) is 108 Å². The van der Waals surface area contributed by atoms with E-state index in [9.17, 15) is 0 Å². The third kappa shape index (κ3) is 4.44. The third-order valence-corrected chi connectivity index (χ3v) is 6.97. The number of nitrogens with zero attached hydrogens (tertiary/aromatic N) is 3. The Balaban J connectivity index is 1.23. The molecule has 0 aliphatic heterocycles. The van der Waals surface area contributed by atoms with E-state index < -0.39 is 0 Å². The zero-order chi connectivity index (χ0) is 26.2. The molecule has 0 amide bonds. The van der Waals surface area contributed by atoms with Crippen LogP contribution in [0.3, 0.4) is 0 Å². The maximum atomic E-state index is 6.00. The standard InChI is InChI=1S/C32H25N5O2/c1-20-7-8-25(22-9-10-38-19-22)26-13-30(35-29(26)11-20)32-27-14-28(34-17-31(27)36-37-32)23-12-24(16-33-15-23)39-18-21-5-3-2-4-6-21/h2-10,12-17,19,35H,11,18H2,1H3,(H,36,37). The third-order valence-electron chi connectivity index (χ3n) is 6.97. The predicted molar refractivity (Wildman–Crippen MR) is 151 cm³/mol. The molecular formula is C32H25N5O2. The van der Waals surface area contributed by atoms with Crippen molar-refractivity contribution in [3.8, 4) is 28.4 Å². The molecule has 1 aromatic carbocycles. The number of nitrogens with one attached hydrogen (secondary N) is 2. The van der Waals surface area contributed by atoms with Crippen molar-refractivity contribution in [2.75, 3.05) is 0 Å². The minimum absolute atomic E-state index is 0.478. The minimum Gasteiger partial charge on any atom is -0.487 e. The van der Waals surface area contributed by atoms with Crippen molar-refractivity contribution in [2.24, 2.45) is 0 Å². The number of ether oxygens (including phenoxy) is 1. The van der Waals surface area contributed by atoms with Crippen LogP contribution in [-0.2, 0) is 13.0 Å². The van der Waals surface area contributed by atoms with Gasteiger partial charge in [-0.15, -0.1) is 0 Å². The molecule has 0 unspecified atom stereocenters. The van der Waals surface area contributed by atoms with Crippen LogP contribution in [0, 0.1) is 0 Å². The van der Waals surface area contributed by atoms with E-state index in [-0.39, 0.29) is 0 Å². The van der Waals surface area contributed by atoms with Crippen LogP contribution in [0.2, 0.25) is 0 Å². The molecule has 2 N–H and O–H groups in total. The van der Waals surface area contributed by atoms with Crippen LogP contribution < -0.4 is 4.74 Å². The molecule has 1 aliphatic carbocycles. The van der Waals surface area contributed by atoms with Gasteiger partial charge in [-0.05, 0) is 42.3 Å². The molecule has 1 aliphatic rings. The summed E-state index contributed by atoms with van der Waals surface area (Å²) >= 11 is 0. The Bertz CT molecular complexity index is 1840. The van der Waals surface area contributed by atoms with Crippen LogP contribution in [-0.4, -0.2) is 25.1 Å². The van der Waals surface area contributed by atoms with Crippen LogP contribution >= 0.6 is 0 Å². The van der Waals surface area contributed by atoms with Gasteiger partial charge in [0.1, 0.15) is 18.1 Å². The monoisotopic (exact) mass is 511 g/mol. The van der Waals surface area contributed by atoms with Crippen LogP contribution in [0.25, 0.3) is 39.1 Å². The summed E-state index contributed by atoms with van der Waals surface area (Å²) in [5.41, 5.74) is 11.2. The fourth-order valence-electron chi connectivity index (χ4n) is 4.99. The molecule has 0 atom stereocenters. The first-order valence-electron chi connectivity index (χ1n) is 12.8. The van der Waals surface area contributed by atoms with Crippen molar-refractivity contribution in [3.63, 3.8) is 0 Å². The van der Waals surface area contributed by atoms with Gasteiger partial charge < -0.3 is 14.1 Å². The van der Waals surface area contributed by atoms with E-state index in [4.69, 9.17) is 9.15 Å². The van der Waals surface area contributed by atoms with E-state index in [0.29, 0.717) is 12.4 Å². The second-order valence-corrected chi connectivity index (χ2v) is 9.73. The highest BCUT2D eigenvalue weighted by Gasteiger charge is 2.20. The highest BCUT2D eigenvalue weighted by molar-refractivity contribution is 5.95. The molecule has 190 valence electrons. The minimum atomic E-state index is 0.478. The lowest BCUT2D eigenvalue weighted by molar-refractivity contribution is 0.305. The number of rotatable bonds is 6. The summed E-state index contributed by atoms with van der Waals surface area (Å²) in [6.45, 7) is 2.62. The second-order valence-electron chi connectivity index (χ2n) is 9.73. The van der Waals surface area contributed by atoms with Gasteiger partial charge in [-0.1, -0.05) is 48.1 Å². The summed E-state index contributed by atoms with van der Waals surface area (Å²) in [7, 11) is 0. The second kappa shape index (κ2) is 9.61. The Morgan fingerprint density at radius 3 is 2.77 bits per heavy atom. The average Bonchev–Trinajstić information content (AvgIpc) is 3.72. The van der Waals surface area contributed by atoms with Gasteiger partial charge in [-0.2, -0.15) is 5.10 Å². The number of allylic oxidation sites excluding steroid dienone is 3. The SMILES string of the molecule is CC1=CC=C(c2ccoc2)c2cc(-c3n[nH]c4cnc(-c5cncc(OCc6ccccc6)c5)cc34)[nH]c2C1. The first kappa shape index (κ1) is 23.0. The van der Waals surface area contributed by atoms with E-state index in [1.807, 2.05) is 48.7 Å². The van der Waals surface area contributed by atoms with Crippen LogP contribution in [0.5, 0.6) is 5.75 Å². The lowest BCUT2D eigenvalue weighted by Crippen LogP contribution is -1.96. The number of benzene rings is 1. The summed E-state index contributed by atoms with van der Waals surface area (Å²) in [5.74, 6) is 0.695. The largest absolute Gasteiger partial charge is 0.487 e. The van der Waals surface area contributed by atoms with Gasteiger partial charge in [0.15, 0.2) is 0 Å². The van der Waals surface area contributed by atoms with Gasteiger partial charge in [0.25, 0.3) is 0 Å². The molecule has 0 radical (unpaired) electrons. The van der Waals surface area contributed by atoms with Crippen molar-refractivity contribution in [1.82, 2.24) is 25.1 Å². The average molecular weight is 512 g/mol. The van der Waals surface area contributed by atoms with Crippen molar-refractivity contribution >= 4 is 16.5 Å². The molecule has 6 aromatic rings. The fourth-order valence-corrected chi connectivity index (χ4v) is 4.99. The first-order chi connectivity index (χ1) is 19.2. The summed E-state index contributed by atoms with van der Waals surface area (Å²) in [6.07, 6.45) is 14.0. The fraction of sp³-hybridized carbons (Fsp3) is 0.0938. The van der Waals surface area contributed by atoms with Gasteiger partial charge in [0, 0.05) is 40.4 Å². The molecule has 7 heteroatoms. The Kier molecular flexibility index (Phi) is 5.66. The van der Waals surface area contributed by atoms with E-state index in [2.05, 4.69) is 56.4 Å². The van der Waals surface area contributed by atoms with Gasteiger partial charge in [0.2, 0.25) is 0 Å². The molecule has 0 fully saturated rings. The molecule has 0 bridgehead atoms. The quantitative estimate of drug-likeness (QED) is 0.248. The Hall–Kier alpha value is -5.17. The number of aromatic amines is 2. The van der Waals surface area contributed by atoms with E-state index in [1.54, 1.807) is 24.9 Å². The number of aromatic nitrogens is 5. The van der Waals surface area contributed by atoms with Gasteiger partial charge in [-0.3, -0.25) is 15.1 Å². The first-order valence-corrected chi connectivity index (χ1v) is 12.8. The van der Waals surface area contributed by atoms with Crippen molar-refractivity contribution in [3.05, 3.63) is 126 Å². The van der Waals surface area contributed by atoms with Crippen molar-refractivity contribution in [1.29, 1.82) is 0 Å². The molecule has 39 heavy (non-hydrogen) atoms. The number of fused-ring (bicyclic) bond motifs is 2. The summed E-state index contributed by atoms with van der Waals surface area (Å²) in [5, 5.41) is 8.79. The summed E-state index contributed by atoms with van der Waals surface area (Å²) < 4.78 is 11.4. The zero-order valence-corrected chi connectivity index (χ0v) is 21.3. The predicted octanol–water partition coefficient (Wildman–Crippen LogP) is 7.12.